The third kappa shape index (κ3) is 6.40. The van der Waals surface area contributed by atoms with Crippen molar-refractivity contribution in [3.05, 3.63) is 65.2 Å². The van der Waals surface area contributed by atoms with Crippen molar-refractivity contribution in [1.82, 2.24) is 10.8 Å². The molecule has 0 spiro atoms. The quantitative estimate of drug-likeness (QED) is 0.231. The van der Waals surface area contributed by atoms with Gasteiger partial charge in [0.2, 0.25) is 0 Å². The highest BCUT2D eigenvalue weighted by Gasteiger charge is 2.34. The average molecular weight is 391 g/mol. The summed E-state index contributed by atoms with van der Waals surface area (Å²) < 4.78 is 0. The van der Waals surface area contributed by atoms with Crippen LogP contribution in [0.25, 0.3) is 0 Å². The van der Waals surface area contributed by atoms with Crippen LogP contribution in [0.5, 0.6) is 0 Å². The molecule has 0 radical (unpaired) electrons. The Balaban J connectivity index is 2.06. The summed E-state index contributed by atoms with van der Waals surface area (Å²) in [5.74, 6) is 9.74. The summed E-state index contributed by atoms with van der Waals surface area (Å²) in [5, 5.41) is 21.2. The van der Waals surface area contributed by atoms with E-state index in [1.54, 1.807) is 36.4 Å². The van der Waals surface area contributed by atoms with E-state index in [9.17, 15) is 14.7 Å². The van der Waals surface area contributed by atoms with Crippen LogP contribution in [-0.2, 0) is 4.79 Å². The SMILES string of the molecule is CC(C)(O)C(NC(=O)c1ccc(C#CC#Cc2ccc(N)cc2)cc1)C(=O)NO. The summed E-state index contributed by atoms with van der Waals surface area (Å²) in [6.45, 7) is 2.69. The maximum Gasteiger partial charge on any atom is 0.268 e. The van der Waals surface area contributed by atoms with E-state index < -0.39 is 23.5 Å². The van der Waals surface area contributed by atoms with Crippen molar-refractivity contribution in [1.29, 1.82) is 0 Å². The lowest BCUT2D eigenvalue weighted by Crippen LogP contribution is -2.57. The van der Waals surface area contributed by atoms with Gasteiger partial charge < -0.3 is 16.2 Å². The molecule has 7 nitrogen and oxygen atoms in total. The molecule has 0 saturated heterocycles. The molecule has 6 N–H and O–H groups in total. The standard InChI is InChI=1S/C22H21N3O4/c1-22(2,28)19(21(27)25-29)24-20(26)17-11-7-15(8-12-17)5-3-4-6-16-9-13-18(23)14-10-16/h7-14,19,28-29H,23H2,1-2H3,(H,24,26)(H,25,27). The molecule has 0 saturated carbocycles. The van der Waals surface area contributed by atoms with E-state index in [4.69, 9.17) is 10.9 Å². The van der Waals surface area contributed by atoms with Crippen LogP contribution in [0.3, 0.4) is 0 Å². The molecule has 0 aliphatic carbocycles. The number of hydroxylamine groups is 1. The van der Waals surface area contributed by atoms with Crippen molar-refractivity contribution < 1.29 is 19.9 Å². The van der Waals surface area contributed by atoms with Gasteiger partial charge in [-0.15, -0.1) is 0 Å². The van der Waals surface area contributed by atoms with Gasteiger partial charge in [0.05, 0.1) is 5.60 Å². The number of carbonyl (C=O) groups excluding carboxylic acids is 2. The van der Waals surface area contributed by atoms with Gasteiger partial charge in [0.15, 0.2) is 0 Å². The summed E-state index contributed by atoms with van der Waals surface area (Å²) in [7, 11) is 0. The Bertz CT molecular complexity index is 999. The maximum absolute atomic E-state index is 12.3. The lowest BCUT2D eigenvalue weighted by molar-refractivity contribution is -0.136. The topological polar surface area (TPSA) is 125 Å². The molecule has 0 aliphatic rings. The van der Waals surface area contributed by atoms with E-state index in [1.807, 2.05) is 0 Å². The zero-order valence-electron chi connectivity index (χ0n) is 16.0. The zero-order chi connectivity index (χ0) is 21.4. The summed E-state index contributed by atoms with van der Waals surface area (Å²) in [5.41, 5.74) is 7.85. The monoisotopic (exact) mass is 391 g/mol. The van der Waals surface area contributed by atoms with Crippen molar-refractivity contribution in [2.24, 2.45) is 0 Å². The normalized spacial score (nSPS) is 11.2. The molecule has 0 aliphatic heterocycles. The van der Waals surface area contributed by atoms with E-state index in [1.165, 1.54) is 31.5 Å². The second-order valence-corrected chi connectivity index (χ2v) is 6.74. The number of hydrogen-bond acceptors (Lipinski definition) is 5. The highest BCUT2D eigenvalue weighted by atomic mass is 16.5. The van der Waals surface area contributed by atoms with Gasteiger partial charge in [-0.3, -0.25) is 14.8 Å². The van der Waals surface area contributed by atoms with Gasteiger partial charge in [0, 0.05) is 22.4 Å². The largest absolute Gasteiger partial charge is 0.399 e. The van der Waals surface area contributed by atoms with Gasteiger partial charge in [-0.05, 0) is 74.2 Å². The first-order valence-corrected chi connectivity index (χ1v) is 8.65. The number of carbonyl (C=O) groups is 2. The Morgan fingerprint density at radius 2 is 1.45 bits per heavy atom. The van der Waals surface area contributed by atoms with Crippen molar-refractivity contribution in [3.63, 3.8) is 0 Å². The molecule has 0 aromatic heterocycles. The molecule has 1 atom stereocenters. The van der Waals surface area contributed by atoms with Gasteiger partial charge in [-0.1, -0.05) is 11.8 Å². The Kier molecular flexibility index (Phi) is 6.99. The minimum atomic E-state index is -1.57. The van der Waals surface area contributed by atoms with Gasteiger partial charge in [-0.2, -0.15) is 0 Å². The van der Waals surface area contributed by atoms with Crippen molar-refractivity contribution in [3.8, 4) is 23.7 Å². The van der Waals surface area contributed by atoms with E-state index in [-0.39, 0.29) is 5.56 Å². The molecule has 29 heavy (non-hydrogen) atoms. The van der Waals surface area contributed by atoms with E-state index >= 15 is 0 Å². The van der Waals surface area contributed by atoms with Crippen molar-refractivity contribution in [2.45, 2.75) is 25.5 Å². The number of nitrogens with two attached hydrogens (primary N) is 1. The van der Waals surface area contributed by atoms with Crippen molar-refractivity contribution >= 4 is 17.5 Å². The number of anilines is 1. The molecule has 2 aromatic carbocycles. The van der Waals surface area contributed by atoms with Gasteiger partial charge in [0.25, 0.3) is 11.8 Å². The number of nitrogen functional groups attached to an aromatic ring is 1. The van der Waals surface area contributed by atoms with E-state index in [0.717, 1.165) is 5.56 Å². The fraction of sp³-hybridized carbons (Fsp3) is 0.182. The maximum atomic E-state index is 12.3. The van der Waals surface area contributed by atoms with Crippen LogP contribution < -0.4 is 16.5 Å². The average Bonchev–Trinajstić information content (AvgIpc) is 2.69. The lowest BCUT2D eigenvalue weighted by atomic mass is 9.97. The summed E-state index contributed by atoms with van der Waals surface area (Å²) in [6, 6.07) is 12.1. The third-order valence-corrected chi connectivity index (χ3v) is 3.89. The smallest absolute Gasteiger partial charge is 0.268 e. The number of nitrogens with one attached hydrogen (secondary N) is 2. The molecule has 0 bridgehead atoms. The first kappa shape index (κ1) is 21.5. The molecule has 7 heteroatoms. The number of aliphatic hydroxyl groups is 1. The fourth-order valence-electron chi connectivity index (χ4n) is 2.32. The first-order chi connectivity index (χ1) is 13.7. The molecule has 148 valence electrons. The Morgan fingerprint density at radius 3 is 1.90 bits per heavy atom. The fourth-order valence-corrected chi connectivity index (χ4v) is 2.32. The minimum Gasteiger partial charge on any atom is -0.399 e. The van der Waals surface area contributed by atoms with Crippen LogP contribution in [0, 0.1) is 23.7 Å². The Labute approximate surface area is 168 Å². The molecule has 0 heterocycles. The molecular weight excluding hydrogens is 370 g/mol. The van der Waals surface area contributed by atoms with E-state index in [2.05, 4.69) is 29.0 Å². The van der Waals surface area contributed by atoms with Crippen LogP contribution in [0.2, 0.25) is 0 Å². The Hall–Kier alpha value is -3.78. The van der Waals surface area contributed by atoms with Crippen LogP contribution in [-0.4, -0.2) is 33.8 Å². The lowest BCUT2D eigenvalue weighted by Gasteiger charge is -2.28. The van der Waals surface area contributed by atoms with Gasteiger partial charge in [0.1, 0.15) is 6.04 Å². The summed E-state index contributed by atoms with van der Waals surface area (Å²) in [4.78, 5) is 24.0. The van der Waals surface area contributed by atoms with Gasteiger partial charge in [-0.25, -0.2) is 5.48 Å². The molecule has 2 rings (SSSR count). The summed E-state index contributed by atoms with van der Waals surface area (Å²) in [6.07, 6.45) is 0. The predicted octanol–water partition coefficient (Wildman–Crippen LogP) is 1.05. The van der Waals surface area contributed by atoms with Crippen LogP contribution in [0.4, 0.5) is 5.69 Å². The van der Waals surface area contributed by atoms with Crippen molar-refractivity contribution in [2.75, 3.05) is 5.73 Å². The Morgan fingerprint density at radius 1 is 0.966 bits per heavy atom. The van der Waals surface area contributed by atoms with Crippen LogP contribution in [0.15, 0.2) is 48.5 Å². The van der Waals surface area contributed by atoms with Gasteiger partial charge >= 0.3 is 0 Å². The highest BCUT2D eigenvalue weighted by molar-refractivity contribution is 5.97. The molecule has 0 fully saturated rings. The minimum absolute atomic E-state index is 0.267. The summed E-state index contributed by atoms with van der Waals surface area (Å²) >= 11 is 0. The third-order valence-electron chi connectivity index (χ3n) is 3.89. The molecule has 2 aromatic rings. The highest BCUT2D eigenvalue weighted by Crippen LogP contribution is 2.11. The number of amides is 2. The molecular formula is C22H21N3O4. The second-order valence-electron chi connectivity index (χ2n) is 6.74. The van der Waals surface area contributed by atoms with Crippen LogP contribution in [0.1, 0.15) is 35.3 Å². The van der Waals surface area contributed by atoms with Crippen LogP contribution >= 0.6 is 0 Å². The first-order valence-electron chi connectivity index (χ1n) is 8.65. The number of rotatable bonds is 4. The number of benzene rings is 2. The van der Waals surface area contributed by atoms with E-state index in [0.29, 0.717) is 11.3 Å². The molecule has 2 amide bonds. The number of hydrogen-bond donors (Lipinski definition) is 5. The second kappa shape index (κ2) is 9.43. The zero-order valence-corrected chi connectivity index (χ0v) is 16.0. The molecule has 1 unspecified atom stereocenters. The predicted molar refractivity (Wildman–Crippen MR) is 109 cm³/mol.